The topological polar surface area (TPSA) is 93.5 Å². The van der Waals surface area contributed by atoms with Crippen molar-refractivity contribution in [2.45, 2.75) is 25.8 Å². The predicted molar refractivity (Wildman–Crippen MR) is 84.6 cm³/mol. The third-order valence-electron chi connectivity index (χ3n) is 3.40. The lowest BCUT2D eigenvalue weighted by atomic mass is 9.83. The van der Waals surface area contributed by atoms with E-state index in [4.69, 9.17) is 11.5 Å². The molecule has 1 aromatic rings. The number of hydrogen-bond donors (Lipinski definition) is 3. The number of hydrogen-bond acceptors (Lipinski definition) is 3. The quantitative estimate of drug-likeness (QED) is 0.581. The molecule has 1 aromatic carbocycles. The molecule has 1 heterocycles. The molecular weight excluding hydrogens is 320 g/mol. The van der Waals surface area contributed by atoms with Crippen LogP contribution in [0.3, 0.4) is 0 Å². The summed E-state index contributed by atoms with van der Waals surface area (Å²) >= 11 is 3.22. The van der Waals surface area contributed by atoms with Gasteiger partial charge in [0, 0.05) is 11.9 Å². The Morgan fingerprint density at radius 1 is 1.50 bits per heavy atom. The van der Waals surface area contributed by atoms with E-state index in [0.717, 1.165) is 16.8 Å². The van der Waals surface area contributed by atoms with Gasteiger partial charge in [0.25, 0.3) is 0 Å². The highest BCUT2D eigenvalue weighted by atomic mass is 79.9. The van der Waals surface area contributed by atoms with E-state index in [9.17, 15) is 4.79 Å². The fraction of sp³-hybridized carbons (Fsp3) is 0.286. The number of halogens is 1. The van der Waals surface area contributed by atoms with Crippen molar-refractivity contribution in [3.63, 3.8) is 0 Å². The van der Waals surface area contributed by atoms with Crippen LogP contribution in [0.15, 0.2) is 33.9 Å². The fourth-order valence-corrected chi connectivity index (χ4v) is 2.42. The van der Waals surface area contributed by atoms with E-state index in [0.29, 0.717) is 16.9 Å². The van der Waals surface area contributed by atoms with E-state index in [-0.39, 0.29) is 5.91 Å². The minimum Gasteiger partial charge on any atom is -0.404 e. The van der Waals surface area contributed by atoms with Crippen LogP contribution in [-0.2, 0) is 16.8 Å². The van der Waals surface area contributed by atoms with Crippen molar-refractivity contribution in [2.75, 3.05) is 5.32 Å². The Morgan fingerprint density at radius 2 is 2.20 bits per heavy atom. The molecule has 1 aliphatic heterocycles. The van der Waals surface area contributed by atoms with Crippen molar-refractivity contribution in [3.8, 4) is 0 Å². The van der Waals surface area contributed by atoms with Crippen molar-refractivity contribution in [2.24, 2.45) is 16.5 Å². The first-order chi connectivity index (χ1) is 9.37. The first-order valence-electron chi connectivity index (χ1n) is 6.19. The zero-order chi connectivity index (χ0) is 14.9. The van der Waals surface area contributed by atoms with Crippen molar-refractivity contribution >= 4 is 33.4 Å². The van der Waals surface area contributed by atoms with Crippen LogP contribution >= 0.6 is 15.9 Å². The predicted octanol–water partition coefficient (Wildman–Crippen LogP) is 1.97. The number of amidine groups is 1. The van der Waals surface area contributed by atoms with Crippen molar-refractivity contribution in [1.29, 1.82) is 0 Å². The lowest BCUT2D eigenvalue weighted by Crippen LogP contribution is -2.27. The van der Waals surface area contributed by atoms with Crippen LogP contribution in [0, 0.1) is 0 Å². The van der Waals surface area contributed by atoms with Gasteiger partial charge in [-0.3, -0.25) is 9.79 Å². The molecule has 5 N–H and O–H groups in total. The first kappa shape index (κ1) is 14.6. The largest absolute Gasteiger partial charge is 0.404 e. The average molecular weight is 337 g/mol. The molecule has 0 bridgehead atoms. The molecule has 0 atom stereocenters. The summed E-state index contributed by atoms with van der Waals surface area (Å²) in [6.07, 6.45) is 1.35. The van der Waals surface area contributed by atoms with E-state index in [1.54, 1.807) is 0 Å². The number of amides is 1. The van der Waals surface area contributed by atoms with E-state index in [2.05, 4.69) is 26.2 Å². The maximum atomic E-state index is 12.0. The molecule has 2 rings (SSSR count). The molecule has 0 saturated heterocycles. The van der Waals surface area contributed by atoms with E-state index < -0.39 is 5.41 Å². The summed E-state index contributed by atoms with van der Waals surface area (Å²) in [5.41, 5.74) is 13.4. The second kappa shape index (κ2) is 5.28. The zero-order valence-electron chi connectivity index (χ0n) is 11.4. The van der Waals surface area contributed by atoms with Crippen molar-refractivity contribution in [1.82, 2.24) is 0 Å². The summed E-state index contributed by atoms with van der Waals surface area (Å²) in [6.45, 7) is 4.21. The van der Waals surface area contributed by atoms with Crippen LogP contribution in [0.2, 0.25) is 0 Å². The number of aliphatic imine (C=N–C) groups is 1. The Balaban J connectivity index is 2.38. The summed E-state index contributed by atoms with van der Waals surface area (Å²) in [5, 5.41) is 2.89. The standard InChI is InChI=1S/C14H17BrN4O/c1-14(2)11-8(7-18-12(17)9(15)6-16)4-3-5-10(11)19-13(14)20/h3-6H,7,16H2,1-2H3,(H2,17,18)(H,19,20). The number of rotatable bonds is 3. The van der Waals surface area contributed by atoms with Gasteiger partial charge < -0.3 is 16.8 Å². The van der Waals surface area contributed by atoms with E-state index >= 15 is 0 Å². The normalized spacial score (nSPS) is 17.9. The summed E-state index contributed by atoms with van der Waals surface area (Å²) in [5.74, 6) is 0.333. The molecule has 0 radical (unpaired) electrons. The van der Waals surface area contributed by atoms with Crippen LogP contribution in [0.5, 0.6) is 0 Å². The van der Waals surface area contributed by atoms with Crippen molar-refractivity contribution in [3.05, 3.63) is 40.0 Å². The highest BCUT2D eigenvalue weighted by molar-refractivity contribution is 9.12. The Labute approximate surface area is 126 Å². The Bertz CT molecular complexity index is 620. The number of nitrogens with two attached hydrogens (primary N) is 2. The van der Waals surface area contributed by atoms with Gasteiger partial charge in [-0.25, -0.2) is 0 Å². The number of anilines is 1. The van der Waals surface area contributed by atoms with Gasteiger partial charge >= 0.3 is 0 Å². The van der Waals surface area contributed by atoms with E-state index in [1.165, 1.54) is 6.20 Å². The number of benzene rings is 1. The summed E-state index contributed by atoms with van der Waals surface area (Å²) < 4.78 is 0.554. The highest BCUT2D eigenvalue weighted by Gasteiger charge is 2.39. The van der Waals surface area contributed by atoms with Crippen LogP contribution in [0.4, 0.5) is 5.69 Å². The van der Waals surface area contributed by atoms with Crippen LogP contribution in [0.1, 0.15) is 25.0 Å². The molecule has 0 aromatic heterocycles. The Morgan fingerprint density at radius 3 is 2.85 bits per heavy atom. The van der Waals surface area contributed by atoms with Gasteiger partial charge in [-0.05, 0) is 47.0 Å². The monoisotopic (exact) mass is 336 g/mol. The molecule has 20 heavy (non-hydrogen) atoms. The number of carbonyl (C=O) groups excluding carboxylic acids is 1. The Kier molecular flexibility index (Phi) is 3.85. The smallest absolute Gasteiger partial charge is 0.234 e. The first-order valence-corrected chi connectivity index (χ1v) is 6.98. The lowest BCUT2D eigenvalue weighted by Gasteiger charge is -2.18. The summed E-state index contributed by atoms with van der Waals surface area (Å²) in [4.78, 5) is 16.3. The Hall–Kier alpha value is -1.82. The summed E-state index contributed by atoms with van der Waals surface area (Å²) in [7, 11) is 0. The van der Waals surface area contributed by atoms with Crippen molar-refractivity contribution < 1.29 is 4.79 Å². The lowest BCUT2D eigenvalue weighted by molar-refractivity contribution is -0.119. The van der Waals surface area contributed by atoms with Gasteiger partial charge in [-0.1, -0.05) is 12.1 Å². The molecule has 0 spiro atoms. The molecule has 6 heteroatoms. The molecule has 1 amide bonds. The molecule has 0 fully saturated rings. The number of carbonyl (C=O) groups is 1. The molecule has 5 nitrogen and oxygen atoms in total. The maximum Gasteiger partial charge on any atom is 0.234 e. The molecule has 0 aliphatic carbocycles. The molecule has 0 saturated carbocycles. The average Bonchev–Trinajstić information content (AvgIpc) is 2.66. The molecule has 0 unspecified atom stereocenters. The second-order valence-electron chi connectivity index (χ2n) is 5.13. The van der Waals surface area contributed by atoms with Crippen LogP contribution < -0.4 is 16.8 Å². The van der Waals surface area contributed by atoms with Gasteiger partial charge in [-0.15, -0.1) is 0 Å². The summed E-state index contributed by atoms with van der Waals surface area (Å²) in [6, 6.07) is 5.75. The van der Waals surface area contributed by atoms with Gasteiger partial charge in [0.05, 0.1) is 16.4 Å². The third-order valence-corrected chi connectivity index (χ3v) is 4.07. The second-order valence-corrected chi connectivity index (χ2v) is 5.99. The van der Waals surface area contributed by atoms with Gasteiger partial charge in [0.1, 0.15) is 5.84 Å². The highest BCUT2D eigenvalue weighted by Crippen LogP contribution is 2.39. The fourth-order valence-electron chi connectivity index (χ4n) is 2.30. The minimum atomic E-state index is -0.558. The molecule has 106 valence electrons. The number of nitrogens with one attached hydrogen (secondary N) is 1. The van der Waals surface area contributed by atoms with Gasteiger partial charge in [0.15, 0.2) is 0 Å². The number of fused-ring (bicyclic) bond motifs is 1. The van der Waals surface area contributed by atoms with Gasteiger partial charge in [-0.2, -0.15) is 0 Å². The molecule has 1 aliphatic rings. The SMILES string of the molecule is CC1(C)C(=O)Nc2cccc(CN=C(N)C(Br)=CN)c21. The third kappa shape index (κ3) is 2.43. The van der Waals surface area contributed by atoms with Gasteiger partial charge in [0.2, 0.25) is 5.91 Å². The maximum absolute atomic E-state index is 12.0. The van der Waals surface area contributed by atoms with Crippen LogP contribution in [-0.4, -0.2) is 11.7 Å². The van der Waals surface area contributed by atoms with Crippen LogP contribution in [0.25, 0.3) is 0 Å². The zero-order valence-corrected chi connectivity index (χ0v) is 13.0. The molecular formula is C14H17BrN4O. The van der Waals surface area contributed by atoms with E-state index in [1.807, 2.05) is 32.0 Å². The minimum absolute atomic E-state index is 0.0000592. The number of nitrogens with zero attached hydrogens (tertiary/aromatic N) is 1.